The Bertz CT molecular complexity index is 734. The minimum Gasteiger partial charge on any atom is -0.444 e. The fourth-order valence-corrected chi connectivity index (χ4v) is 2.38. The van der Waals surface area contributed by atoms with Gasteiger partial charge in [-0.1, -0.05) is 12.1 Å². The molecular weight excluding hydrogens is 292 g/mol. The highest BCUT2D eigenvalue weighted by Gasteiger charge is 2.14. The van der Waals surface area contributed by atoms with Gasteiger partial charge in [0, 0.05) is 36.6 Å². The monoisotopic (exact) mass is 310 g/mol. The number of carbonyl (C=O) groups excluding carboxylic acids is 1. The van der Waals surface area contributed by atoms with E-state index in [0.29, 0.717) is 31.0 Å². The van der Waals surface area contributed by atoms with Gasteiger partial charge in [0.25, 0.3) is 5.91 Å². The first-order chi connectivity index (χ1) is 11.3. The minimum absolute atomic E-state index is 0.0174. The average molecular weight is 310 g/mol. The smallest absolute Gasteiger partial charge is 0.253 e. The van der Waals surface area contributed by atoms with Crippen LogP contribution in [0.15, 0.2) is 59.7 Å². The van der Waals surface area contributed by atoms with Crippen LogP contribution in [0.3, 0.4) is 0 Å². The summed E-state index contributed by atoms with van der Waals surface area (Å²) in [6.07, 6.45) is 6.67. The zero-order valence-corrected chi connectivity index (χ0v) is 12.9. The molecule has 0 unspecified atom stereocenters. The van der Waals surface area contributed by atoms with Crippen LogP contribution < -0.4 is 0 Å². The number of amides is 1. The largest absolute Gasteiger partial charge is 0.444 e. The highest BCUT2D eigenvalue weighted by molar-refractivity contribution is 5.94. The molecular formula is C17H18N4O2. The molecule has 0 saturated carbocycles. The maximum absolute atomic E-state index is 12.6. The van der Waals surface area contributed by atoms with Crippen molar-refractivity contribution in [2.24, 2.45) is 0 Å². The summed E-state index contributed by atoms with van der Waals surface area (Å²) in [5.74, 6) is 0.707. The summed E-state index contributed by atoms with van der Waals surface area (Å²) in [5, 5.41) is 4.16. The van der Waals surface area contributed by atoms with Crippen LogP contribution in [0.25, 0.3) is 11.3 Å². The van der Waals surface area contributed by atoms with Crippen molar-refractivity contribution >= 4 is 5.91 Å². The Kier molecular flexibility index (Phi) is 4.52. The van der Waals surface area contributed by atoms with Gasteiger partial charge in [-0.05, 0) is 25.1 Å². The average Bonchev–Trinajstić information content (AvgIpc) is 3.29. The van der Waals surface area contributed by atoms with Crippen LogP contribution in [0.1, 0.15) is 17.3 Å². The Labute approximate surface area is 134 Å². The molecule has 0 aliphatic rings. The number of benzene rings is 1. The van der Waals surface area contributed by atoms with Gasteiger partial charge in [0.15, 0.2) is 12.2 Å². The van der Waals surface area contributed by atoms with Gasteiger partial charge < -0.3 is 9.32 Å². The Balaban J connectivity index is 1.67. The van der Waals surface area contributed by atoms with Crippen LogP contribution in [0.4, 0.5) is 0 Å². The number of nitrogens with zero attached hydrogens (tertiary/aromatic N) is 4. The summed E-state index contributed by atoms with van der Waals surface area (Å²) < 4.78 is 7.07. The molecule has 3 aromatic rings. The molecule has 0 saturated heterocycles. The molecule has 23 heavy (non-hydrogen) atoms. The molecule has 0 bridgehead atoms. The Morgan fingerprint density at radius 1 is 1.30 bits per heavy atom. The van der Waals surface area contributed by atoms with E-state index < -0.39 is 0 Å². The highest BCUT2D eigenvalue weighted by Crippen LogP contribution is 2.19. The van der Waals surface area contributed by atoms with Gasteiger partial charge >= 0.3 is 0 Å². The van der Waals surface area contributed by atoms with E-state index in [-0.39, 0.29) is 5.91 Å². The minimum atomic E-state index is 0.0174. The lowest BCUT2D eigenvalue weighted by Gasteiger charge is -2.21. The second kappa shape index (κ2) is 6.91. The number of rotatable bonds is 6. The molecule has 6 nitrogen and oxygen atoms in total. The lowest BCUT2D eigenvalue weighted by molar-refractivity contribution is 0.0757. The van der Waals surface area contributed by atoms with E-state index in [1.165, 1.54) is 6.39 Å². The van der Waals surface area contributed by atoms with Crippen molar-refractivity contribution < 1.29 is 9.21 Å². The molecule has 1 aromatic carbocycles. The van der Waals surface area contributed by atoms with Gasteiger partial charge in [-0.2, -0.15) is 5.10 Å². The third-order valence-corrected chi connectivity index (χ3v) is 3.68. The van der Waals surface area contributed by atoms with Gasteiger partial charge in [0.05, 0.1) is 12.7 Å². The molecule has 6 heteroatoms. The van der Waals surface area contributed by atoms with E-state index in [4.69, 9.17) is 4.42 Å². The summed E-state index contributed by atoms with van der Waals surface area (Å²) >= 11 is 0. The van der Waals surface area contributed by atoms with Crippen LogP contribution in [0, 0.1) is 0 Å². The second-order valence-electron chi connectivity index (χ2n) is 5.10. The lowest BCUT2D eigenvalue weighted by Crippen LogP contribution is -2.33. The topological polar surface area (TPSA) is 64.2 Å². The summed E-state index contributed by atoms with van der Waals surface area (Å²) in [6, 6.07) is 9.25. The Morgan fingerprint density at radius 3 is 2.74 bits per heavy atom. The summed E-state index contributed by atoms with van der Waals surface area (Å²) in [6.45, 7) is 3.94. The summed E-state index contributed by atoms with van der Waals surface area (Å²) in [5.41, 5.74) is 1.56. The normalized spacial score (nSPS) is 10.7. The molecule has 0 aliphatic carbocycles. The zero-order chi connectivity index (χ0) is 16.1. The first-order valence-electron chi connectivity index (χ1n) is 7.53. The number of hydrogen-bond acceptors (Lipinski definition) is 4. The zero-order valence-electron chi connectivity index (χ0n) is 12.9. The Hall–Kier alpha value is -2.89. The molecule has 118 valence electrons. The van der Waals surface area contributed by atoms with Crippen molar-refractivity contribution in [1.82, 2.24) is 19.7 Å². The van der Waals surface area contributed by atoms with Crippen molar-refractivity contribution in [3.05, 3.63) is 60.9 Å². The van der Waals surface area contributed by atoms with Gasteiger partial charge in [-0.3, -0.25) is 9.48 Å². The molecule has 0 radical (unpaired) electrons. The molecule has 0 spiro atoms. The number of oxazole rings is 1. The fraction of sp³-hybridized carbons (Fsp3) is 0.235. The van der Waals surface area contributed by atoms with E-state index in [1.54, 1.807) is 12.4 Å². The molecule has 3 rings (SSSR count). The molecule has 1 amide bonds. The molecule has 0 aliphatic heterocycles. The predicted octanol–water partition coefficient (Wildman–Crippen LogP) is 2.70. The maximum atomic E-state index is 12.6. The van der Waals surface area contributed by atoms with Gasteiger partial charge in [0.2, 0.25) is 0 Å². The number of aromatic nitrogens is 3. The first-order valence-corrected chi connectivity index (χ1v) is 7.53. The van der Waals surface area contributed by atoms with Crippen molar-refractivity contribution in [2.75, 3.05) is 13.1 Å². The first kappa shape index (κ1) is 15.0. The van der Waals surface area contributed by atoms with Gasteiger partial charge in [-0.25, -0.2) is 4.98 Å². The third kappa shape index (κ3) is 3.48. The summed E-state index contributed by atoms with van der Waals surface area (Å²) in [7, 11) is 0. The summed E-state index contributed by atoms with van der Waals surface area (Å²) in [4.78, 5) is 18.3. The predicted molar refractivity (Wildman–Crippen MR) is 85.7 cm³/mol. The van der Waals surface area contributed by atoms with Crippen molar-refractivity contribution in [3.8, 4) is 11.3 Å². The number of likely N-dealkylation sites (N-methyl/N-ethyl adjacent to an activating group) is 1. The molecule has 2 aromatic heterocycles. The van der Waals surface area contributed by atoms with Crippen molar-refractivity contribution in [3.63, 3.8) is 0 Å². The molecule has 0 fully saturated rings. The van der Waals surface area contributed by atoms with Crippen LogP contribution in [0.2, 0.25) is 0 Å². The third-order valence-electron chi connectivity index (χ3n) is 3.68. The van der Waals surface area contributed by atoms with Crippen molar-refractivity contribution in [2.45, 2.75) is 13.5 Å². The van der Waals surface area contributed by atoms with E-state index in [1.807, 2.05) is 53.0 Å². The van der Waals surface area contributed by atoms with E-state index in [2.05, 4.69) is 10.1 Å². The van der Waals surface area contributed by atoms with E-state index >= 15 is 0 Å². The second-order valence-corrected chi connectivity index (χ2v) is 5.10. The van der Waals surface area contributed by atoms with E-state index in [0.717, 1.165) is 5.56 Å². The molecule has 0 N–H and O–H groups in total. The molecule has 0 atom stereocenters. The number of carbonyl (C=O) groups is 1. The standard InChI is InChI=1S/C17H18N4O2/c1-2-20(10-11-21-9-3-8-19-21)17(22)15-6-4-14(5-7-15)16-12-18-13-23-16/h3-9,12-13H,2,10-11H2,1H3. The molecule has 2 heterocycles. The fourth-order valence-electron chi connectivity index (χ4n) is 2.38. The van der Waals surface area contributed by atoms with Crippen LogP contribution in [-0.4, -0.2) is 38.7 Å². The quantitative estimate of drug-likeness (QED) is 0.702. The lowest BCUT2D eigenvalue weighted by atomic mass is 10.1. The highest BCUT2D eigenvalue weighted by atomic mass is 16.3. The van der Waals surface area contributed by atoms with Crippen molar-refractivity contribution in [1.29, 1.82) is 0 Å². The van der Waals surface area contributed by atoms with Gasteiger partial charge in [-0.15, -0.1) is 0 Å². The maximum Gasteiger partial charge on any atom is 0.253 e. The number of hydrogen-bond donors (Lipinski definition) is 0. The Morgan fingerprint density at radius 2 is 2.13 bits per heavy atom. The van der Waals surface area contributed by atoms with Crippen LogP contribution >= 0.6 is 0 Å². The van der Waals surface area contributed by atoms with Crippen LogP contribution in [0.5, 0.6) is 0 Å². The van der Waals surface area contributed by atoms with Crippen LogP contribution in [-0.2, 0) is 6.54 Å². The van der Waals surface area contributed by atoms with Gasteiger partial charge in [0.1, 0.15) is 0 Å². The SMILES string of the molecule is CCN(CCn1cccn1)C(=O)c1ccc(-c2cnco2)cc1. The van der Waals surface area contributed by atoms with E-state index in [9.17, 15) is 4.79 Å².